The SMILES string of the molecule is CCc1ccc(NCc2cncc3ccccc23)cc1. The standard InChI is InChI=1S/C18H18N2/c1-2-14-7-9-17(10-8-14)20-13-16-12-19-11-15-5-3-4-6-18(15)16/h3-12,20H,2,13H2,1H3. The third kappa shape index (κ3) is 2.64. The number of hydrogen-bond acceptors (Lipinski definition) is 2. The van der Waals surface area contributed by atoms with Crippen LogP contribution in [0.3, 0.4) is 0 Å². The van der Waals surface area contributed by atoms with E-state index in [0.717, 1.165) is 18.7 Å². The molecule has 0 aliphatic carbocycles. The van der Waals surface area contributed by atoms with Crippen molar-refractivity contribution in [3.8, 4) is 0 Å². The maximum Gasteiger partial charge on any atom is 0.0422 e. The highest BCUT2D eigenvalue weighted by molar-refractivity contribution is 5.84. The Morgan fingerprint density at radius 3 is 2.55 bits per heavy atom. The van der Waals surface area contributed by atoms with Crippen molar-refractivity contribution < 1.29 is 0 Å². The van der Waals surface area contributed by atoms with Crippen molar-refractivity contribution in [2.45, 2.75) is 19.9 Å². The summed E-state index contributed by atoms with van der Waals surface area (Å²) in [6, 6.07) is 17.0. The molecule has 3 aromatic rings. The van der Waals surface area contributed by atoms with Gasteiger partial charge in [-0.25, -0.2) is 0 Å². The molecule has 1 aromatic heterocycles. The van der Waals surface area contributed by atoms with E-state index in [0.29, 0.717) is 0 Å². The molecule has 2 nitrogen and oxygen atoms in total. The lowest BCUT2D eigenvalue weighted by Gasteiger charge is -2.09. The van der Waals surface area contributed by atoms with Gasteiger partial charge in [-0.3, -0.25) is 4.98 Å². The topological polar surface area (TPSA) is 24.9 Å². The molecule has 0 atom stereocenters. The Labute approximate surface area is 119 Å². The minimum absolute atomic E-state index is 0.791. The molecule has 20 heavy (non-hydrogen) atoms. The lowest BCUT2D eigenvalue weighted by atomic mass is 10.1. The molecule has 1 heterocycles. The van der Waals surface area contributed by atoms with E-state index in [1.54, 1.807) is 0 Å². The molecule has 0 saturated carbocycles. The highest BCUT2D eigenvalue weighted by atomic mass is 14.9. The number of nitrogens with zero attached hydrogens (tertiary/aromatic N) is 1. The van der Waals surface area contributed by atoms with Gasteiger partial charge in [0.05, 0.1) is 0 Å². The molecule has 0 aliphatic rings. The van der Waals surface area contributed by atoms with Crippen molar-refractivity contribution in [2.24, 2.45) is 0 Å². The van der Waals surface area contributed by atoms with E-state index in [1.807, 2.05) is 18.5 Å². The number of aromatic nitrogens is 1. The summed E-state index contributed by atoms with van der Waals surface area (Å²) in [5, 5.41) is 5.92. The first-order valence-corrected chi connectivity index (χ1v) is 7.01. The Bertz CT molecular complexity index is 697. The molecule has 0 unspecified atom stereocenters. The summed E-state index contributed by atoms with van der Waals surface area (Å²) in [5.41, 5.74) is 3.74. The molecule has 0 amide bonds. The van der Waals surface area contributed by atoms with E-state index in [9.17, 15) is 0 Å². The second kappa shape index (κ2) is 5.74. The summed E-state index contributed by atoms with van der Waals surface area (Å²) in [4.78, 5) is 4.31. The van der Waals surface area contributed by atoms with Gasteiger partial charge in [0.1, 0.15) is 0 Å². The molecule has 2 aromatic carbocycles. The molecule has 0 saturated heterocycles. The Balaban J connectivity index is 1.79. The molecule has 100 valence electrons. The van der Waals surface area contributed by atoms with Crippen LogP contribution < -0.4 is 5.32 Å². The first kappa shape index (κ1) is 12.7. The summed E-state index contributed by atoms with van der Waals surface area (Å²) in [6.45, 7) is 2.96. The number of aryl methyl sites for hydroxylation is 1. The zero-order valence-corrected chi connectivity index (χ0v) is 11.6. The molecule has 2 heteroatoms. The van der Waals surface area contributed by atoms with Crippen LogP contribution in [0, 0.1) is 0 Å². The second-order valence-electron chi connectivity index (χ2n) is 4.92. The fraction of sp³-hybridized carbons (Fsp3) is 0.167. The van der Waals surface area contributed by atoms with Gasteiger partial charge in [0.15, 0.2) is 0 Å². The Hall–Kier alpha value is -2.35. The number of pyridine rings is 1. The number of hydrogen-bond donors (Lipinski definition) is 1. The highest BCUT2D eigenvalue weighted by Crippen LogP contribution is 2.18. The molecule has 1 N–H and O–H groups in total. The maximum absolute atomic E-state index is 4.31. The summed E-state index contributed by atoms with van der Waals surface area (Å²) in [5.74, 6) is 0. The van der Waals surface area contributed by atoms with Gasteiger partial charge in [-0.2, -0.15) is 0 Å². The fourth-order valence-corrected chi connectivity index (χ4v) is 2.38. The van der Waals surface area contributed by atoms with Crippen LogP contribution in [0.5, 0.6) is 0 Å². The van der Waals surface area contributed by atoms with Crippen LogP contribution in [0.1, 0.15) is 18.1 Å². The lowest BCUT2D eigenvalue weighted by Crippen LogP contribution is -2.00. The third-order valence-corrected chi connectivity index (χ3v) is 3.60. The van der Waals surface area contributed by atoms with E-state index < -0.39 is 0 Å². The normalized spacial score (nSPS) is 10.7. The molecule has 3 rings (SSSR count). The predicted molar refractivity (Wildman–Crippen MR) is 84.9 cm³/mol. The van der Waals surface area contributed by atoms with Crippen molar-refractivity contribution in [1.29, 1.82) is 0 Å². The molecule has 0 fully saturated rings. The average Bonchev–Trinajstić information content (AvgIpc) is 2.53. The molecular weight excluding hydrogens is 244 g/mol. The van der Waals surface area contributed by atoms with Crippen LogP contribution in [0.2, 0.25) is 0 Å². The number of rotatable bonds is 4. The van der Waals surface area contributed by atoms with E-state index in [4.69, 9.17) is 0 Å². The molecule has 0 radical (unpaired) electrons. The maximum atomic E-state index is 4.31. The Morgan fingerprint density at radius 1 is 0.950 bits per heavy atom. The molecule has 0 spiro atoms. The summed E-state index contributed by atoms with van der Waals surface area (Å²) in [6.07, 6.45) is 4.93. The largest absolute Gasteiger partial charge is 0.381 e. The Kier molecular flexibility index (Phi) is 3.64. The van der Waals surface area contributed by atoms with Crippen LogP contribution in [-0.2, 0) is 13.0 Å². The molecular formula is C18H18N2. The van der Waals surface area contributed by atoms with Gasteiger partial charge in [0, 0.05) is 30.0 Å². The van der Waals surface area contributed by atoms with Crippen molar-refractivity contribution in [1.82, 2.24) is 4.98 Å². The van der Waals surface area contributed by atoms with E-state index in [1.165, 1.54) is 21.9 Å². The average molecular weight is 262 g/mol. The van der Waals surface area contributed by atoms with Gasteiger partial charge >= 0.3 is 0 Å². The smallest absolute Gasteiger partial charge is 0.0422 e. The van der Waals surface area contributed by atoms with E-state index >= 15 is 0 Å². The second-order valence-corrected chi connectivity index (χ2v) is 4.92. The van der Waals surface area contributed by atoms with Gasteiger partial charge in [-0.15, -0.1) is 0 Å². The first-order chi connectivity index (χ1) is 9.86. The molecule has 0 aliphatic heterocycles. The third-order valence-electron chi connectivity index (χ3n) is 3.60. The number of benzene rings is 2. The zero-order chi connectivity index (χ0) is 13.8. The van der Waals surface area contributed by atoms with E-state index in [2.05, 4.69) is 59.7 Å². The van der Waals surface area contributed by atoms with Crippen LogP contribution in [-0.4, -0.2) is 4.98 Å². The monoisotopic (exact) mass is 262 g/mol. The van der Waals surface area contributed by atoms with Crippen molar-refractivity contribution in [3.05, 3.63) is 72.1 Å². The van der Waals surface area contributed by atoms with Gasteiger partial charge < -0.3 is 5.32 Å². The first-order valence-electron chi connectivity index (χ1n) is 7.01. The summed E-state index contributed by atoms with van der Waals surface area (Å²) >= 11 is 0. The minimum Gasteiger partial charge on any atom is -0.381 e. The van der Waals surface area contributed by atoms with Crippen molar-refractivity contribution in [3.63, 3.8) is 0 Å². The Morgan fingerprint density at radius 2 is 1.75 bits per heavy atom. The van der Waals surface area contributed by atoms with E-state index in [-0.39, 0.29) is 0 Å². The number of fused-ring (bicyclic) bond motifs is 1. The highest BCUT2D eigenvalue weighted by Gasteiger charge is 2.01. The summed E-state index contributed by atoms with van der Waals surface area (Å²) in [7, 11) is 0. The van der Waals surface area contributed by atoms with Crippen molar-refractivity contribution in [2.75, 3.05) is 5.32 Å². The predicted octanol–water partition coefficient (Wildman–Crippen LogP) is 4.41. The van der Waals surface area contributed by atoms with Gasteiger partial charge in [0.25, 0.3) is 0 Å². The number of anilines is 1. The van der Waals surface area contributed by atoms with Crippen LogP contribution >= 0.6 is 0 Å². The van der Waals surface area contributed by atoms with Crippen molar-refractivity contribution >= 4 is 16.5 Å². The minimum atomic E-state index is 0.791. The van der Waals surface area contributed by atoms with Gasteiger partial charge in [-0.1, -0.05) is 43.3 Å². The quantitative estimate of drug-likeness (QED) is 0.753. The molecule has 0 bridgehead atoms. The number of nitrogens with one attached hydrogen (secondary N) is 1. The summed E-state index contributed by atoms with van der Waals surface area (Å²) < 4.78 is 0. The van der Waals surface area contributed by atoms with Crippen LogP contribution in [0.4, 0.5) is 5.69 Å². The fourth-order valence-electron chi connectivity index (χ4n) is 2.38. The van der Waals surface area contributed by atoms with Gasteiger partial charge in [0.2, 0.25) is 0 Å². The lowest BCUT2D eigenvalue weighted by molar-refractivity contribution is 1.12. The van der Waals surface area contributed by atoms with Crippen LogP contribution in [0.25, 0.3) is 10.8 Å². The zero-order valence-electron chi connectivity index (χ0n) is 11.6. The van der Waals surface area contributed by atoms with Gasteiger partial charge in [-0.05, 0) is 35.1 Å². The van der Waals surface area contributed by atoms with Crippen LogP contribution in [0.15, 0.2) is 60.9 Å².